The SMILES string of the molecule is O=C(Cn1ncc2ccccc2c1=O)NCCSCc1ccccc1. The second kappa shape index (κ2) is 8.48. The van der Waals surface area contributed by atoms with Crippen LogP contribution in [0.1, 0.15) is 5.56 Å². The highest BCUT2D eigenvalue weighted by atomic mass is 32.2. The van der Waals surface area contributed by atoms with E-state index < -0.39 is 0 Å². The second-order valence-electron chi connectivity index (χ2n) is 5.58. The predicted octanol–water partition coefficient (Wildman–Crippen LogP) is 2.45. The van der Waals surface area contributed by atoms with Gasteiger partial charge in [-0.05, 0) is 11.6 Å². The number of rotatable bonds is 7. The standard InChI is InChI=1S/C19H19N3O2S/c23-18(20-10-11-25-14-15-6-2-1-3-7-15)13-22-19(24)17-9-5-4-8-16(17)12-21-22/h1-9,12H,10-11,13-14H2,(H,20,23). The van der Waals surface area contributed by atoms with Gasteiger partial charge in [-0.15, -0.1) is 0 Å². The van der Waals surface area contributed by atoms with Crippen LogP contribution in [0.3, 0.4) is 0 Å². The summed E-state index contributed by atoms with van der Waals surface area (Å²) in [4.78, 5) is 24.3. The Labute approximate surface area is 150 Å². The molecule has 1 N–H and O–H groups in total. The molecule has 0 bridgehead atoms. The Morgan fingerprint density at radius 3 is 2.68 bits per heavy atom. The van der Waals surface area contributed by atoms with Gasteiger partial charge in [0.05, 0.1) is 11.6 Å². The summed E-state index contributed by atoms with van der Waals surface area (Å²) in [5.41, 5.74) is 1.03. The van der Waals surface area contributed by atoms with Crippen molar-refractivity contribution in [1.82, 2.24) is 15.1 Å². The van der Waals surface area contributed by atoms with E-state index in [1.807, 2.05) is 30.3 Å². The monoisotopic (exact) mass is 353 g/mol. The van der Waals surface area contributed by atoms with Crippen molar-refractivity contribution in [3.05, 3.63) is 76.7 Å². The maximum Gasteiger partial charge on any atom is 0.275 e. The molecule has 0 aliphatic carbocycles. The number of carbonyl (C=O) groups excluding carboxylic acids is 1. The Hall–Kier alpha value is -2.60. The molecule has 3 aromatic rings. The molecule has 1 aromatic heterocycles. The molecule has 1 amide bonds. The minimum Gasteiger partial charge on any atom is -0.354 e. The molecule has 0 spiro atoms. The van der Waals surface area contributed by atoms with Gasteiger partial charge >= 0.3 is 0 Å². The first kappa shape index (κ1) is 17.2. The fourth-order valence-corrected chi connectivity index (χ4v) is 3.28. The first-order valence-electron chi connectivity index (χ1n) is 8.07. The molecule has 0 unspecified atom stereocenters. The van der Waals surface area contributed by atoms with E-state index in [1.54, 1.807) is 30.1 Å². The summed E-state index contributed by atoms with van der Waals surface area (Å²) >= 11 is 1.76. The van der Waals surface area contributed by atoms with E-state index in [0.29, 0.717) is 11.9 Å². The third kappa shape index (κ3) is 4.70. The first-order valence-corrected chi connectivity index (χ1v) is 9.23. The van der Waals surface area contributed by atoms with Gasteiger partial charge in [0.2, 0.25) is 5.91 Å². The average Bonchev–Trinajstić information content (AvgIpc) is 2.65. The van der Waals surface area contributed by atoms with Crippen molar-refractivity contribution < 1.29 is 4.79 Å². The number of hydrogen-bond donors (Lipinski definition) is 1. The van der Waals surface area contributed by atoms with Crippen LogP contribution in [-0.4, -0.2) is 28.0 Å². The number of nitrogens with zero attached hydrogens (tertiary/aromatic N) is 2. The molecule has 5 nitrogen and oxygen atoms in total. The quantitative estimate of drug-likeness (QED) is 0.663. The van der Waals surface area contributed by atoms with Gasteiger partial charge in [0.25, 0.3) is 5.56 Å². The van der Waals surface area contributed by atoms with Crippen molar-refractivity contribution >= 4 is 28.4 Å². The summed E-state index contributed by atoms with van der Waals surface area (Å²) in [5.74, 6) is 1.54. The molecular weight excluding hydrogens is 334 g/mol. The van der Waals surface area contributed by atoms with Gasteiger partial charge in [0.1, 0.15) is 6.54 Å². The van der Waals surface area contributed by atoms with Gasteiger partial charge in [0.15, 0.2) is 0 Å². The van der Waals surface area contributed by atoms with Gasteiger partial charge < -0.3 is 5.32 Å². The van der Waals surface area contributed by atoms with Crippen LogP contribution in [0.5, 0.6) is 0 Å². The Morgan fingerprint density at radius 1 is 1.08 bits per heavy atom. The van der Waals surface area contributed by atoms with Gasteiger partial charge in [-0.1, -0.05) is 48.5 Å². The summed E-state index contributed by atoms with van der Waals surface area (Å²) in [5, 5.41) is 8.25. The lowest BCUT2D eigenvalue weighted by Gasteiger charge is -2.07. The lowest BCUT2D eigenvalue weighted by atomic mass is 10.2. The van der Waals surface area contributed by atoms with Gasteiger partial charge in [-0.2, -0.15) is 16.9 Å². The van der Waals surface area contributed by atoms with Crippen LogP contribution in [0.25, 0.3) is 10.8 Å². The fraction of sp³-hybridized carbons (Fsp3) is 0.211. The topological polar surface area (TPSA) is 64.0 Å². The Bertz CT molecular complexity index is 909. The zero-order chi connectivity index (χ0) is 17.5. The number of hydrogen-bond acceptors (Lipinski definition) is 4. The van der Waals surface area contributed by atoms with Crippen LogP contribution in [0.15, 0.2) is 65.6 Å². The van der Waals surface area contributed by atoms with Crippen LogP contribution in [0.4, 0.5) is 0 Å². The maximum absolute atomic E-state index is 12.3. The zero-order valence-corrected chi connectivity index (χ0v) is 14.5. The molecule has 1 heterocycles. The molecule has 0 fully saturated rings. The van der Waals surface area contributed by atoms with E-state index >= 15 is 0 Å². The molecule has 0 saturated heterocycles. The number of aromatic nitrogens is 2. The fourth-order valence-electron chi connectivity index (χ4n) is 2.46. The number of benzene rings is 2. The molecule has 0 aliphatic rings. The van der Waals surface area contributed by atoms with Crippen LogP contribution in [0.2, 0.25) is 0 Å². The van der Waals surface area contributed by atoms with E-state index in [0.717, 1.165) is 16.9 Å². The number of carbonyl (C=O) groups is 1. The number of amides is 1. The molecule has 0 saturated carbocycles. The van der Waals surface area contributed by atoms with Crippen LogP contribution in [0, 0.1) is 0 Å². The first-order chi connectivity index (χ1) is 12.2. The van der Waals surface area contributed by atoms with Crippen molar-refractivity contribution in [1.29, 1.82) is 0 Å². The second-order valence-corrected chi connectivity index (χ2v) is 6.69. The highest BCUT2D eigenvalue weighted by Crippen LogP contribution is 2.10. The summed E-state index contributed by atoms with van der Waals surface area (Å²) in [6, 6.07) is 17.4. The van der Waals surface area contributed by atoms with Gasteiger partial charge in [0, 0.05) is 23.4 Å². The molecular formula is C19H19N3O2S. The van der Waals surface area contributed by atoms with Crippen molar-refractivity contribution in [2.45, 2.75) is 12.3 Å². The van der Waals surface area contributed by atoms with Crippen molar-refractivity contribution in [2.75, 3.05) is 12.3 Å². The number of fused-ring (bicyclic) bond motifs is 1. The normalized spacial score (nSPS) is 10.7. The molecule has 6 heteroatoms. The highest BCUT2D eigenvalue weighted by molar-refractivity contribution is 7.98. The van der Waals surface area contributed by atoms with Crippen LogP contribution in [-0.2, 0) is 17.1 Å². The molecule has 128 valence electrons. The van der Waals surface area contributed by atoms with E-state index in [-0.39, 0.29) is 18.0 Å². The highest BCUT2D eigenvalue weighted by Gasteiger charge is 2.07. The van der Waals surface area contributed by atoms with Crippen molar-refractivity contribution in [3.63, 3.8) is 0 Å². The Balaban J connectivity index is 1.46. The third-order valence-electron chi connectivity index (χ3n) is 3.74. The Kier molecular flexibility index (Phi) is 5.85. The molecule has 2 aromatic carbocycles. The van der Waals surface area contributed by atoms with Gasteiger partial charge in [-0.25, -0.2) is 4.68 Å². The molecule has 0 atom stereocenters. The predicted molar refractivity (Wildman–Crippen MR) is 102 cm³/mol. The van der Waals surface area contributed by atoms with E-state index in [2.05, 4.69) is 22.5 Å². The van der Waals surface area contributed by atoms with Crippen LogP contribution < -0.4 is 10.9 Å². The third-order valence-corrected chi connectivity index (χ3v) is 4.77. The number of thioether (sulfide) groups is 1. The van der Waals surface area contributed by atoms with Crippen molar-refractivity contribution in [3.8, 4) is 0 Å². The molecule has 3 rings (SSSR count). The molecule has 0 aliphatic heterocycles. The van der Waals surface area contributed by atoms with Crippen molar-refractivity contribution in [2.24, 2.45) is 0 Å². The molecule has 25 heavy (non-hydrogen) atoms. The van der Waals surface area contributed by atoms with E-state index in [9.17, 15) is 9.59 Å². The van der Waals surface area contributed by atoms with Gasteiger partial charge in [-0.3, -0.25) is 9.59 Å². The summed E-state index contributed by atoms with van der Waals surface area (Å²) in [6.45, 7) is 0.506. The minimum atomic E-state index is -0.244. The Morgan fingerprint density at radius 2 is 1.84 bits per heavy atom. The number of nitrogens with one attached hydrogen (secondary N) is 1. The average molecular weight is 353 g/mol. The van der Waals surface area contributed by atoms with E-state index in [1.165, 1.54) is 10.2 Å². The van der Waals surface area contributed by atoms with Crippen LogP contribution >= 0.6 is 11.8 Å². The molecule has 0 radical (unpaired) electrons. The lowest BCUT2D eigenvalue weighted by molar-refractivity contribution is -0.121. The smallest absolute Gasteiger partial charge is 0.275 e. The summed E-state index contributed by atoms with van der Waals surface area (Å²) in [6.07, 6.45) is 1.61. The maximum atomic E-state index is 12.3. The lowest BCUT2D eigenvalue weighted by Crippen LogP contribution is -2.34. The largest absolute Gasteiger partial charge is 0.354 e. The summed E-state index contributed by atoms with van der Waals surface area (Å²) < 4.78 is 1.20. The summed E-state index contributed by atoms with van der Waals surface area (Å²) in [7, 11) is 0. The minimum absolute atomic E-state index is 0.0625. The van der Waals surface area contributed by atoms with E-state index in [4.69, 9.17) is 0 Å². The zero-order valence-electron chi connectivity index (χ0n) is 13.7.